The number of ether oxygens (including phenoxy) is 2. The van der Waals surface area contributed by atoms with Gasteiger partial charge in [0.05, 0.1) is 14.2 Å². The minimum atomic E-state index is -1.83. The molecule has 0 bridgehead atoms. The summed E-state index contributed by atoms with van der Waals surface area (Å²) in [6.07, 6.45) is 0.353. The largest absolute Gasteiger partial charge is 0.497 e. The van der Waals surface area contributed by atoms with Crippen molar-refractivity contribution in [2.24, 2.45) is 0 Å². The van der Waals surface area contributed by atoms with E-state index in [1.54, 1.807) is 48.5 Å². The molecular weight excluding hydrogens is 330 g/mol. The second-order valence-electron chi connectivity index (χ2n) is 4.98. The molecule has 0 fully saturated rings. The summed E-state index contributed by atoms with van der Waals surface area (Å²) in [7, 11) is 3.00. The highest BCUT2D eigenvalue weighted by Gasteiger charge is 2.14. The van der Waals surface area contributed by atoms with E-state index in [-0.39, 0.29) is 5.57 Å². The predicted octanol–water partition coefficient (Wildman–Crippen LogP) is 4.37. The summed E-state index contributed by atoms with van der Waals surface area (Å²) < 4.78 is 38.1. The highest BCUT2D eigenvalue weighted by molar-refractivity contribution is 5.87. The SMILES string of the molecule is COc1ccc(C(=C(F)C=C(F)C(=O)O)c2ccc(OC)cc2)cc1. The minimum absolute atomic E-state index is 0.0571. The summed E-state index contributed by atoms with van der Waals surface area (Å²) in [6.45, 7) is 0. The average molecular weight is 346 g/mol. The van der Waals surface area contributed by atoms with Crippen LogP contribution < -0.4 is 9.47 Å². The van der Waals surface area contributed by atoms with Gasteiger partial charge in [0.15, 0.2) is 0 Å². The molecule has 4 nitrogen and oxygen atoms in total. The van der Waals surface area contributed by atoms with Gasteiger partial charge < -0.3 is 14.6 Å². The lowest BCUT2D eigenvalue weighted by molar-refractivity contribution is -0.134. The lowest BCUT2D eigenvalue weighted by Gasteiger charge is -2.11. The molecule has 0 saturated heterocycles. The number of aliphatic carboxylic acids is 1. The molecule has 0 saturated carbocycles. The van der Waals surface area contributed by atoms with Gasteiger partial charge in [0.25, 0.3) is 0 Å². The number of benzene rings is 2. The van der Waals surface area contributed by atoms with Crippen LogP contribution >= 0.6 is 0 Å². The molecule has 1 N–H and O–H groups in total. The van der Waals surface area contributed by atoms with Crippen LogP contribution in [0.4, 0.5) is 8.78 Å². The van der Waals surface area contributed by atoms with Gasteiger partial charge in [-0.1, -0.05) is 24.3 Å². The molecule has 130 valence electrons. The fourth-order valence-electron chi connectivity index (χ4n) is 2.20. The van der Waals surface area contributed by atoms with E-state index >= 15 is 0 Å². The van der Waals surface area contributed by atoms with E-state index in [2.05, 4.69) is 0 Å². The zero-order valence-corrected chi connectivity index (χ0v) is 13.6. The Morgan fingerprint density at radius 3 is 1.60 bits per heavy atom. The molecule has 6 heteroatoms. The Morgan fingerprint density at radius 2 is 1.28 bits per heavy atom. The van der Waals surface area contributed by atoms with Crippen molar-refractivity contribution in [2.75, 3.05) is 14.2 Å². The highest BCUT2D eigenvalue weighted by Crippen LogP contribution is 2.31. The summed E-state index contributed by atoms with van der Waals surface area (Å²) >= 11 is 0. The first-order chi connectivity index (χ1) is 12.0. The second-order valence-corrected chi connectivity index (χ2v) is 4.98. The van der Waals surface area contributed by atoms with E-state index < -0.39 is 17.6 Å². The summed E-state index contributed by atoms with van der Waals surface area (Å²) in [5, 5.41) is 8.62. The van der Waals surface area contributed by atoms with Gasteiger partial charge in [-0.05, 0) is 35.4 Å². The van der Waals surface area contributed by atoms with Gasteiger partial charge in [0.1, 0.15) is 17.3 Å². The smallest absolute Gasteiger partial charge is 0.364 e. The lowest BCUT2D eigenvalue weighted by atomic mass is 9.96. The van der Waals surface area contributed by atoms with Crippen molar-refractivity contribution in [3.63, 3.8) is 0 Å². The number of carboxylic acids is 1. The summed E-state index contributed by atoms with van der Waals surface area (Å²) in [6, 6.07) is 12.9. The number of allylic oxidation sites excluding steroid dienone is 2. The van der Waals surface area contributed by atoms with E-state index in [0.717, 1.165) is 0 Å². The number of carboxylic acid groups (broad SMARTS) is 1. The lowest BCUT2D eigenvalue weighted by Crippen LogP contribution is -1.97. The Hall–Kier alpha value is -3.15. The van der Waals surface area contributed by atoms with Crippen molar-refractivity contribution in [3.05, 3.63) is 77.4 Å². The molecule has 0 atom stereocenters. The standard InChI is InChI=1S/C19H16F2O4/c1-24-14-7-3-12(4-8-14)18(16(20)11-17(21)19(22)23)13-5-9-15(25-2)10-6-13/h3-11H,1-2H3,(H,22,23). The predicted molar refractivity (Wildman–Crippen MR) is 89.9 cm³/mol. The van der Waals surface area contributed by atoms with Crippen molar-refractivity contribution in [3.8, 4) is 11.5 Å². The molecule has 2 aromatic carbocycles. The normalized spacial score (nSPS) is 11.0. The third-order valence-electron chi connectivity index (χ3n) is 3.45. The first-order valence-corrected chi connectivity index (χ1v) is 7.25. The number of methoxy groups -OCH3 is 2. The zero-order valence-electron chi connectivity index (χ0n) is 13.6. The summed E-state index contributed by atoms with van der Waals surface area (Å²) in [4.78, 5) is 10.6. The Balaban J connectivity index is 2.60. The average Bonchev–Trinajstić information content (AvgIpc) is 2.63. The van der Waals surface area contributed by atoms with Gasteiger partial charge in [-0.2, -0.15) is 4.39 Å². The van der Waals surface area contributed by atoms with Crippen LogP contribution in [-0.4, -0.2) is 25.3 Å². The van der Waals surface area contributed by atoms with Gasteiger partial charge in [-0.25, -0.2) is 9.18 Å². The quantitative estimate of drug-likeness (QED) is 0.623. The molecule has 0 amide bonds. The summed E-state index contributed by atoms with van der Waals surface area (Å²) in [5.74, 6) is -3.28. The highest BCUT2D eigenvalue weighted by atomic mass is 19.1. The van der Waals surface area contributed by atoms with E-state index in [4.69, 9.17) is 14.6 Å². The third kappa shape index (κ3) is 4.44. The van der Waals surface area contributed by atoms with Gasteiger partial charge in [-0.3, -0.25) is 0 Å². The maximum Gasteiger partial charge on any atom is 0.364 e. The number of carbonyl (C=O) groups is 1. The van der Waals surface area contributed by atoms with Crippen LogP contribution in [0.25, 0.3) is 5.57 Å². The number of hydrogen-bond donors (Lipinski definition) is 1. The maximum atomic E-state index is 14.7. The van der Waals surface area contributed by atoms with E-state index in [0.29, 0.717) is 28.7 Å². The maximum absolute atomic E-state index is 14.7. The molecular formula is C19H16F2O4. The molecule has 2 aromatic rings. The van der Waals surface area contributed by atoms with Crippen LogP contribution in [0.1, 0.15) is 11.1 Å². The molecule has 0 unspecified atom stereocenters. The fraction of sp³-hybridized carbons (Fsp3) is 0.105. The van der Waals surface area contributed by atoms with Crippen LogP contribution in [0.5, 0.6) is 11.5 Å². The van der Waals surface area contributed by atoms with Gasteiger partial charge >= 0.3 is 5.97 Å². The Kier molecular flexibility index (Phi) is 5.89. The molecule has 0 spiro atoms. The molecule has 0 aliphatic carbocycles. The van der Waals surface area contributed by atoms with Crippen molar-refractivity contribution >= 4 is 11.5 Å². The topological polar surface area (TPSA) is 55.8 Å². The molecule has 0 aliphatic heterocycles. The molecule has 2 rings (SSSR count). The van der Waals surface area contributed by atoms with E-state index in [9.17, 15) is 13.6 Å². The van der Waals surface area contributed by atoms with E-state index in [1.807, 2.05) is 0 Å². The van der Waals surface area contributed by atoms with Crippen LogP contribution in [0.3, 0.4) is 0 Å². The minimum Gasteiger partial charge on any atom is -0.497 e. The van der Waals surface area contributed by atoms with Crippen LogP contribution in [0, 0.1) is 0 Å². The van der Waals surface area contributed by atoms with Crippen LogP contribution in [0.2, 0.25) is 0 Å². The zero-order chi connectivity index (χ0) is 18.4. The molecule has 0 aromatic heterocycles. The van der Waals surface area contributed by atoms with Gasteiger partial charge in [0.2, 0.25) is 5.83 Å². The Morgan fingerprint density at radius 1 is 0.880 bits per heavy atom. The molecule has 0 aliphatic rings. The number of rotatable bonds is 6. The van der Waals surface area contributed by atoms with Crippen LogP contribution in [0.15, 0.2) is 66.3 Å². The van der Waals surface area contributed by atoms with Crippen molar-refractivity contribution in [1.82, 2.24) is 0 Å². The molecule has 0 radical (unpaired) electrons. The van der Waals surface area contributed by atoms with E-state index in [1.165, 1.54) is 14.2 Å². The van der Waals surface area contributed by atoms with Gasteiger partial charge in [-0.15, -0.1) is 0 Å². The Bertz CT molecular complexity index is 757. The van der Waals surface area contributed by atoms with Crippen LogP contribution in [-0.2, 0) is 4.79 Å². The first-order valence-electron chi connectivity index (χ1n) is 7.25. The molecule has 0 heterocycles. The third-order valence-corrected chi connectivity index (χ3v) is 3.45. The molecule has 25 heavy (non-hydrogen) atoms. The fourth-order valence-corrected chi connectivity index (χ4v) is 2.20. The van der Waals surface area contributed by atoms with Crippen molar-refractivity contribution in [2.45, 2.75) is 0 Å². The summed E-state index contributed by atoms with van der Waals surface area (Å²) in [5.41, 5.74) is 0.942. The van der Waals surface area contributed by atoms with Gasteiger partial charge in [0, 0.05) is 11.6 Å². The number of hydrogen-bond acceptors (Lipinski definition) is 3. The first kappa shape index (κ1) is 18.2. The number of halogens is 2. The monoisotopic (exact) mass is 346 g/mol. The second kappa shape index (κ2) is 8.10. The van der Waals surface area contributed by atoms with Crippen molar-refractivity contribution in [1.29, 1.82) is 0 Å². The van der Waals surface area contributed by atoms with Crippen molar-refractivity contribution < 1.29 is 28.2 Å². The Labute approximate surface area is 143 Å².